The van der Waals surface area contributed by atoms with Gasteiger partial charge in [-0.15, -0.1) is 0 Å². The Morgan fingerprint density at radius 3 is 2.31 bits per heavy atom. The predicted molar refractivity (Wildman–Crippen MR) is 138 cm³/mol. The molecule has 36 heavy (non-hydrogen) atoms. The standard InChI is InChI=1S/C25H23Cl2N3O6/c1-33-18-7-9-21(34-2)20(12-18)29-24(31)25(32)30-28-13-15-4-8-22(23(10-15)35-3)36-14-16-5-6-17(26)11-19(16)27/h4-13H,14H2,1-3H3,(H,29,31)(H,30,32). The summed E-state index contributed by atoms with van der Waals surface area (Å²) >= 11 is 12.1. The Balaban J connectivity index is 1.60. The van der Waals surface area contributed by atoms with Crippen LogP contribution in [0, 0.1) is 0 Å². The topological polar surface area (TPSA) is 107 Å². The van der Waals surface area contributed by atoms with Gasteiger partial charge in [-0.05, 0) is 48.0 Å². The minimum absolute atomic E-state index is 0.211. The number of carbonyl (C=O) groups is 2. The number of amides is 2. The molecule has 0 fully saturated rings. The molecule has 0 aliphatic rings. The normalized spacial score (nSPS) is 10.6. The van der Waals surface area contributed by atoms with Gasteiger partial charge in [0.05, 0.1) is 33.2 Å². The van der Waals surface area contributed by atoms with Gasteiger partial charge >= 0.3 is 11.8 Å². The number of methoxy groups -OCH3 is 3. The summed E-state index contributed by atoms with van der Waals surface area (Å²) in [6.45, 7) is 0.211. The first-order valence-corrected chi connectivity index (χ1v) is 11.2. The Morgan fingerprint density at radius 1 is 0.861 bits per heavy atom. The third-order valence-electron chi connectivity index (χ3n) is 4.83. The smallest absolute Gasteiger partial charge is 0.329 e. The number of anilines is 1. The van der Waals surface area contributed by atoms with Crippen LogP contribution < -0.4 is 29.7 Å². The van der Waals surface area contributed by atoms with Gasteiger partial charge in [-0.3, -0.25) is 9.59 Å². The second kappa shape index (κ2) is 12.7. The van der Waals surface area contributed by atoms with Crippen molar-refractivity contribution < 1.29 is 28.5 Å². The van der Waals surface area contributed by atoms with Crippen molar-refractivity contribution >= 4 is 46.9 Å². The fraction of sp³-hybridized carbons (Fsp3) is 0.160. The number of hydrogen-bond donors (Lipinski definition) is 2. The van der Waals surface area contributed by atoms with E-state index in [0.29, 0.717) is 38.6 Å². The van der Waals surface area contributed by atoms with Crippen LogP contribution in [0.5, 0.6) is 23.0 Å². The van der Waals surface area contributed by atoms with Crippen molar-refractivity contribution in [2.75, 3.05) is 26.6 Å². The lowest BCUT2D eigenvalue weighted by Gasteiger charge is -2.12. The number of hydrazone groups is 1. The van der Waals surface area contributed by atoms with E-state index in [1.807, 2.05) is 0 Å². The van der Waals surface area contributed by atoms with Crippen LogP contribution >= 0.6 is 23.2 Å². The highest BCUT2D eigenvalue weighted by atomic mass is 35.5. The molecule has 2 amide bonds. The molecule has 0 saturated carbocycles. The van der Waals surface area contributed by atoms with Crippen molar-refractivity contribution in [1.82, 2.24) is 5.43 Å². The minimum Gasteiger partial charge on any atom is -0.497 e. The van der Waals surface area contributed by atoms with Crippen LogP contribution in [0.1, 0.15) is 11.1 Å². The quantitative estimate of drug-likeness (QED) is 0.235. The van der Waals surface area contributed by atoms with Gasteiger partial charge in [-0.25, -0.2) is 5.43 Å². The van der Waals surface area contributed by atoms with Gasteiger partial charge < -0.3 is 24.3 Å². The van der Waals surface area contributed by atoms with Gasteiger partial charge in [0.15, 0.2) is 11.5 Å². The Labute approximate surface area is 217 Å². The number of benzene rings is 3. The monoisotopic (exact) mass is 531 g/mol. The highest BCUT2D eigenvalue weighted by molar-refractivity contribution is 6.39. The van der Waals surface area contributed by atoms with Crippen molar-refractivity contribution in [3.63, 3.8) is 0 Å². The van der Waals surface area contributed by atoms with E-state index in [9.17, 15) is 9.59 Å². The molecule has 0 heterocycles. The highest BCUT2D eigenvalue weighted by Crippen LogP contribution is 2.30. The molecule has 0 aliphatic carbocycles. The molecule has 0 aromatic heterocycles. The van der Waals surface area contributed by atoms with Crippen molar-refractivity contribution in [3.05, 3.63) is 75.8 Å². The van der Waals surface area contributed by atoms with Gasteiger partial charge in [0, 0.05) is 21.7 Å². The van der Waals surface area contributed by atoms with E-state index in [1.165, 1.54) is 33.6 Å². The molecule has 11 heteroatoms. The van der Waals surface area contributed by atoms with Gasteiger partial charge in [0.2, 0.25) is 0 Å². The summed E-state index contributed by atoms with van der Waals surface area (Å²) in [6, 6.07) is 15.0. The van der Waals surface area contributed by atoms with Gasteiger partial charge in [-0.1, -0.05) is 29.3 Å². The lowest BCUT2D eigenvalue weighted by molar-refractivity contribution is -0.136. The summed E-state index contributed by atoms with van der Waals surface area (Å²) in [5.41, 5.74) is 3.82. The maximum Gasteiger partial charge on any atom is 0.329 e. The summed E-state index contributed by atoms with van der Waals surface area (Å²) in [7, 11) is 4.42. The number of nitrogens with one attached hydrogen (secondary N) is 2. The molecule has 0 unspecified atom stereocenters. The molecular formula is C25H23Cl2N3O6. The first-order chi connectivity index (χ1) is 17.3. The Morgan fingerprint density at radius 2 is 1.61 bits per heavy atom. The molecular weight excluding hydrogens is 509 g/mol. The van der Waals surface area contributed by atoms with Crippen LogP contribution in [0.3, 0.4) is 0 Å². The maximum atomic E-state index is 12.3. The minimum atomic E-state index is -0.970. The zero-order chi connectivity index (χ0) is 26.1. The molecule has 0 atom stereocenters. The van der Waals surface area contributed by atoms with Crippen LogP contribution in [-0.4, -0.2) is 39.4 Å². The van der Waals surface area contributed by atoms with E-state index in [-0.39, 0.29) is 12.3 Å². The summed E-state index contributed by atoms with van der Waals surface area (Å²) < 4.78 is 21.5. The molecule has 2 N–H and O–H groups in total. The van der Waals surface area contributed by atoms with Gasteiger partial charge in [0.1, 0.15) is 18.1 Å². The van der Waals surface area contributed by atoms with Crippen molar-refractivity contribution in [1.29, 1.82) is 0 Å². The van der Waals surface area contributed by atoms with Crippen LogP contribution in [0.4, 0.5) is 5.69 Å². The van der Waals surface area contributed by atoms with Crippen LogP contribution in [0.25, 0.3) is 0 Å². The zero-order valence-electron chi connectivity index (χ0n) is 19.6. The number of ether oxygens (including phenoxy) is 4. The molecule has 3 aromatic rings. The Bertz CT molecular complexity index is 1280. The first kappa shape index (κ1) is 26.7. The van der Waals surface area contributed by atoms with Crippen molar-refractivity contribution in [3.8, 4) is 23.0 Å². The second-order valence-corrected chi connectivity index (χ2v) is 8.00. The number of hydrogen-bond acceptors (Lipinski definition) is 7. The number of rotatable bonds is 9. The van der Waals surface area contributed by atoms with E-state index >= 15 is 0 Å². The molecule has 0 aliphatic heterocycles. The third kappa shape index (κ3) is 7.03. The molecule has 3 rings (SSSR count). The summed E-state index contributed by atoms with van der Waals surface area (Å²) in [6.07, 6.45) is 1.36. The maximum absolute atomic E-state index is 12.3. The first-order valence-electron chi connectivity index (χ1n) is 10.5. The zero-order valence-corrected chi connectivity index (χ0v) is 21.1. The molecule has 0 saturated heterocycles. The molecule has 3 aromatic carbocycles. The lowest BCUT2D eigenvalue weighted by atomic mass is 10.2. The second-order valence-electron chi connectivity index (χ2n) is 7.15. The van der Waals surface area contributed by atoms with E-state index in [4.69, 9.17) is 42.1 Å². The fourth-order valence-corrected chi connectivity index (χ4v) is 3.45. The van der Waals surface area contributed by atoms with E-state index < -0.39 is 11.8 Å². The largest absolute Gasteiger partial charge is 0.497 e. The Kier molecular flexibility index (Phi) is 9.38. The van der Waals surface area contributed by atoms with Gasteiger partial charge in [-0.2, -0.15) is 5.10 Å². The third-order valence-corrected chi connectivity index (χ3v) is 5.41. The average molecular weight is 532 g/mol. The van der Waals surface area contributed by atoms with E-state index in [2.05, 4.69) is 15.8 Å². The van der Waals surface area contributed by atoms with E-state index in [1.54, 1.807) is 48.5 Å². The molecule has 9 nitrogen and oxygen atoms in total. The lowest BCUT2D eigenvalue weighted by Crippen LogP contribution is -2.32. The average Bonchev–Trinajstić information content (AvgIpc) is 2.88. The molecule has 0 spiro atoms. The number of halogens is 2. The highest BCUT2D eigenvalue weighted by Gasteiger charge is 2.16. The molecule has 188 valence electrons. The molecule has 0 radical (unpaired) electrons. The van der Waals surface area contributed by atoms with Crippen molar-refractivity contribution in [2.24, 2.45) is 5.10 Å². The molecule has 0 bridgehead atoms. The van der Waals surface area contributed by atoms with Crippen LogP contribution in [-0.2, 0) is 16.2 Å². The predicted octanol–water partition coefficient (Wildman–Crippen LogP) is 4.69. The van der Waals surface area contributed by atoms with Crippen LogP contribution in [0.15, 0.2) is 59.7 Å². The fourth-order valence-electron chi connectivity index (χ4n) is 2.99. The Hall–Kier alpha value is -3.95. The number of carbonyl (C=O) groups excluding carboxylic acids is 2. The summed E-state index contributed by atoms with van der Waals surface area (Å²) in [4.78, 5) is 24.4. The summed E-state index contributed by atoms with van der Waals surface area (Å²) in [5, 5.41) is 7.32. The van der Waals surface area contributed by atoms with Gasteiger partial charge in [0.25, 0.3) is 0 Å². The van der Waals surface area contributed by atoms with Crippen molar-refractivity contribution in [2.45, 2.75) is 6.61 Å². The number of nitrogens with zero attached hydrogens (tertiary/aromatic N) is 1. The van der Waals surface area contributed by atoms with Crippen LogP contribution in [0.2, 0.25) is 10.0 Å². The summed E-state index contributed by atoms with van der Waals surface area (Å²) in [5.74, 6) is -0.117. The van der Waals surface area contributed by atoms with E-state index in [0.717, 1.165) is 5.56 Å². The SMILES string of the molecule is COc1ccc(OC)c(NC(=O)C(=O)NN=Cc2ccc(OCc3ccc(Cl)cc3Cl)c(OC)c2)c1.